The minimum Gasteiger partial charge on any atom is -0.507 e. The van der Waals surface area contributed by atoms with Gasteiger partial charge in [0.2, 0.25) is 0 Å². The Morgan fingerprint density at radius 2 is 1.45 bits per heavy atom. The number of esters is 1. The average molecular weight is 389 g/mol. The van der Waals surface area contributed by atoms with Crippen molar-refractivity contribution >= 4 is 11.9 Å². The summed E-state index contributed by atoms with van der Waals surface area (Å²) in [7, 11) is 0. The van der Waals surface area contributed by atoms with E-state index in [9.17, 15) is 14.7 Å². The van der Waals surface area contributed by atoms with Gasteiger partial charge in [-0.2, -0.15) is 0 Å². The Kier molecular flexibility index (Phi) is 6.29. The maximum Gasteiger partial charge on any atom is 0.342 e. The monoisotopic (exact) mass is 389 g/mol. The van der Waals surface area contributed by atoms with Gasteiger partial charge in [-0.3, -0.25) is 4.79 Å². The number of phenolic OH excluding ortho intramolecular Hbond substituents is 1. The fourth-order valence-electron chi connectivity index (χ4n) is 3.00. The summed E-state index contributed by atoms with van der Waals surface area (Å²) in [6.45, 7) is 3.31. The molecule has 3 rings (SSSR count). The van der Waals surface area contributed by atoms with Crippen molar-refractivity contribution in [1.82, 2.24) is 5.32 Å². The maximum atomic E-state index is 12.8. The minimum absolute atomic E-state index is 0.0259. The fourth-order valence-corrected chi connectivity index (χ4v) is 3.00. The number of hydrogen-bond acceptors (Lipinski definition) is 4. The quantitative estimate of drug-likeness (QED) is 0.621. The zero-order chi connectivity index (χ0) is 20.8. The zero-order valence-corrected chi connectivity index (χ0v) is 16.3. The second kappa shape index (κ2) is 9.06. The topological polar surface area (TPSA) is 75.6 Å². The molecule has 0 spiro atoms. The number of aromatic hydroxyl groups is 1. The first-order chi connectivity index (χ1) is 14.0. The molecule has 0 fully saturated rings. The van der Waals surface area contributed by atoms with Gasteiger partial charge in [-0.1, -0.05) is 66.7 Å². The summed E-state index contributed by atoms with van der Waals surface area (Å²) < 4.78 is 5.28. The summed E-state index contributed by atoms with van der Waals surface area (Å²) in [5.41, 5.74) is 2.68. The van der Waals surface area contributed by atoms with Gasteiger partial charge in [0.1, 0.15) is 11.3 Å². The first-order valence-electron chi connectivity index (χ1n) is 9.36. The van der Waals surface area contributed by atoms with Crippen molar-refractivity contribution in [1.29, 1.82) is 0 Å². The molecule has 2 N–H and O–H groups in total. The Bertz CT molecular complexity index is 947. The number of ether oxygens (including phenoxy) is 1. The first kappa shape index (κ1) is 20.1. The van der Waals surface area contributed by atoms with E-state index < -0.39 is 18.0 Å². The third-order valence-electron chi connectivity index (χ3n) is 4.58. The lowest BCUT2D eigenvalue weighted by Gasteiger charge is -2.22. The summed E-state index contributed by atoms with van der Waals surface area (Å²) >= 11 is 0. The van der Waals surface area contributed by atoms with Crippen LogP contribution in [0, 0.1) is 6.92 Å². The first-order valence-corrected chi connectivity index (χ1v) is 9.36. The van der Waals surface area contributed by atoms with Crippen LogP contribution in [0.25, 0.3) is 0 Å². The Hall–Kier alpha value is -3.60. The summed E-state index contributed by atoms with van der Waals surface area (Å²) in [6.07, 6.45) is -1.03. The summed E-state index contributed by atoms with van der Waals surface area (Å²) in [6, 6.07) is 23.4. The lowest BCUT2D eigenvalue weighted by Crippen LogP contribution is -2.38. The lowest BCUT2D eigenvalue weighted by atomic mass is 9.98. The summed E-state index contributed by atoms with van der Waals surface area (Å²) in [5, 5.41) is 12.9. The standard InChI is InChI=1S/C24H23NO4/c1-16-13-14-20(21(26)15-16)24(28)29-17(2)23(27)25-22(18-9-5-3-6-10-18)19-11-7-4-8-12-19/h3-15,17,22,26H,1-2H3,(H,25,27). The molecule has 1 atom stereocenters. The molecule has 0 saturated heterocycles. The van der Waals surface area contributed by atoms with Gasteiger partial charge in [-0.25, -0.2) is 4.79 Å². The van der Waals surface area contributed by atoms with Crippen molar-refractivity contribution in [3.8, 4) is 5.75 Å². The molecular weight excluding hydrogens is 366 g/mol. The van der Waals surface area contributed by atoms with Gasteiger partial charge < -0.3 is 15.2 Å². The molecule has 0 aromatic heterocycles. The van der Waals surface area contributed by atoms with Crippen LogP contribution in [-0.4, -0.2) is 23.1 Å². The van der Waals surface area contributed by atoms with E-state index in [4.69, 9.17) is 4.74 Å². The highest BCUT2D eigenvalue weighted by molar-refractivity contribution is 5.94. The van der Waals surface area contributed by atoms with Crippen molar-refractivity contribution in [2.45, 2.75) is 26.0 Å². The predicted octanol–water partition coefficient (Wildman–Crippen LogP) is 4.15. The number of carbonyl (C=O) groups excluding carboxylic acids is 2. The van der Waals surface area contributed by atoms with E-state index in [-0.39, 0.29) is 17.4 Å². The zero-order valence-electron chi connectivity index (χ0n) is 16.3. The number of hydrogen-bond donors (Lipinski definition) is 2. The number of aryl methyl sites for hydroxylation is 1. The van der Waals surface area contributed by atoms with Crippen LogP contribution >= 0.6 is 0 Å². The summed E-state index contributed by atoms with van der Waals surface area (Å²) in [5.74, 6) is -1.35. The average Bonchev–Trinajstić information content (AvgIpc) is 2.73. The number of amides is 1. The fraction of sp³-hybridized carbons (Fsp3) is 0.167. The highest BCUT2D eigenvalue weighted by atomic mass is 16.5. The molecule has 5 nitrogen and oxygen atoms in total. The molecule has 0 aliphatic heterocycles. The van der Waals surface area contributed by atoms with E-state index in [2.05, 4.69) is 5.32 Å². The van der Waals surface area contributed by atoms with Crippen LogP contribution in [0.3, 0.4) is 0 Å². The Labute approximate surface area is 170 Å². The molecule has 3 aromatic rings. The van der Waals surface area contributed by atoms with Crippen LogP contribution < -0.4 is 5.32 Å². The highest BCUT2D eigenvalue weighted by Crippen LogP contribution is 2.23. The van der Waals surface area contributed by atoms with Crippen molar-refractivity contribution in [2.75, 3.05) is 0 Å². The molecule has 148 valence electrons. The predicted molar refractivity (Wildman–Crippen MR) is 111 cm³/mol. The van der Waals surface area contributed by atoms with Crippen molar-refractivity contribution in [3.05, 3.63) is 101 Å². The number of nitrogens with one attached hydrogen (secondary N) is 1. The molecule has 0 radical (unpaired) electrons. The Morgan fingerprint density at radius 1 is 0.897 bits per heavy atom. The number of carbonyl (C=O) groups is 2. The van der Waals surface area contributed by atoms with Gasteiger partial charge >= 0.3 is 5.97 Å². The normalized spacial score (nSPS) is 11.7. The van der Waals surface area contributed by atoms with Crippen molar-refractivity contribution < 1.29 is 19.4 Å². The van der Waals surface area contributed by atoms with Crippen LogP contribution in [-0.2, 0) is 9.53 Å². The third kappa shape index (κ3) is 5.02. The van der Waals surface area contributed by atoms with Gasteiger partial charge in [0.15, 0.2) is 6.10 Å². The van der Waals surface area contributed by atoms with E-state index in [0.29, 0.717) is 0 Å². The van der Waals surface area contributed by atoms with Gasteiger partial charge in [-0.05, 0) is 42.7 Å². The van der Waals surface area contributed by atoms with Crippen LogP contribution in [0.5, 0.6) is 5.75 Å². The molecule has 0 aliphatic rings. The van der Waals surface area contributed by atoms with Crippen LogP contribution in [0.1, 0.15) is 40.0 Å². The van der Waals surface area contributed by atoms with Crippen molar-refractivity contribution in [2.24, 2.45) is 0 Å². The second-order valence-electron chi connectivity index (χ2n) is 6.83. The number of rotatable bonds is 6. The van der Waals surface area contributed by atoms with E-state index in [1.54, 1.807) is 13.0 Å². The molecule has 0 aliphatic carbocycles. The highest BCUT2D eigenvalue weighted by Gasteiger charge is 2.24. The van der Waals surface area contributed by atoms with Crippen LogP contribution in [0.15, 0.2) is 78.9 Å². The van der Waals surface area contributed by atoms with E-state index in [1.165, 1.54) is 19.1 Å². The molecule has 3 aromatic carbocycles. The Balaban J connectivity index is 1.74. The van der Waals surface area contributed by atoms with E-state index in [0.717, 1.165) is 16.7 Å². The SMILES string of the molecule is Cc1ccc(C(=O)OC(C)C(=O)NC(c2ccccc2)c2ccccc2)c(O)c1. The minimum atomic E-state index is -1.03. The molecule has 0 saturated carbocycles. The van der Waals surface area contributed by atoms with Crippen LogP contribution in [0.4, 0.5) is 0 Å². The Morgan fingerprint density at radius 3 is 1.97 bits per heavy atom. The second-order valence-corrected chi connectivity index (χ2v) is 6.83. The van der Waals surface area contributed by atoms with E-state index >= 15 is 0 Å². The van der Waals surface area contributed by atoms with Gasteiger partial charge in [0.25, 0.3) is 5.91 Å². The van der Waals surface area contributed by atoms with Crippen LogP contribution in [0.2, 0.25) is 0 Å². The molecule has 1 amide bonds. The van der Waals surface area contributed by atoms with E-state index in [1.807, 2.05) is 60.7 Å². The molecule has 29 heavy (non-hydrogen) atoms. The van der Waals surface area contributed by atoms with Gasteiger partial charge in [-0.15, -0.1) is 0 Å². The van der Waals surface area contributed by atoms with Gasteiger partial charge in [0.05, 0.1) is 6.04 Å². The lowest BCUT2D eigenvalue weighted by molar-refractivity contribution is -0.129. The molecular formula is C24H23NO4. The molecule has 0 heterocycles. The summed E-state index contributed by atoms with van der Waals surface area (Å²) in [4.78, 5) is 25.1. The largest absolute Gasteiger partial charge is 0.507 e. The smallest absolute Gasteiger partial charge is 0.342 e. The maximum absolute atomic E-state index is 12.8. The van der Waals surface area contributed by atoms with Crippen molar-refractivity contribution in [3.63, 3.8) is 0 Å². The molecule has 1 unspecified atom stereocenters. The molecule has 5 heteroatoms. The third-order valence-corrected chi connectivity index (χ3v) is 4.58. The van der Waals surface area contributed by atoms with Gasteiger partial charge in [0, 0.05) is 0 Å². The molecule has 0 bridgehead atoms. The number of benzene rings is 3. The number of phenols is 1.